The van der Waals surface area contributed by atoms with Gasteiger partial charge in [-0.15, -0.1) is 0 Å². The highest BCUT2D eigenvalue weighted by molar-refractivity contribution is 6.35. The average molecular weight is 496 g/mol. The van der Waals surface area contributed by atoms with Gasteiger partial charge in [0.15, 0.2) is 5.78 Å². The molecule has 2 aromatic carbocycles. The van der Waals surface area contributed by atoms with Crippen molar-refractivity contribution in [1.82, 2.24) is 5.32 Å². The van der Waals surface area contributed by atoms with Gasteiger partial charge in [0.05, 0.1) is 11.5 Å². The number of carbonyl (C=O) groups is 2. The fraction of sp³-hybridized carbons (Fsp3) is 0.296. The Bertz CT molecular complexity index is 1190. The molecule has 2 aliphatic rings. The van der Waals surface area contributed by atoms with E-state index in [4.69, 9.17) is 28.2 Å². The highest BCUT2D eigenvalue weighted by Gasteiger charge is 2.50. The molecule has 176 valence electrons. The Hall–Kier alpha value is -2.89. The van der Waals surface area contributed by atoms with Gasteiger partial charge in [0.2, 0.25) is 5.91 Å². The first kappa shape index (κ1) is 24.2. The van der Waals surface area contributed by atoms with E-state index in [9.17, 15) is 9.59 Å². The number of rotatable bonds is 6. The summed E-state index contributed by atoms with van der Waals surface area (Å²) in [6, 6.07) is 12.6. The molecule has 1 aliphatic carbocycles. The van der Waals surface area contributed by atoms with Gasteiger partial charge >= 0.3 is 0 Å². The molecule has 0 radical (unpaired) electrons. The zero-order valence-electron chi connectivity index (χ0n) is 19.1. The maximum atomic E-state index is 13.3. The summed E-state index contributed by atoms with van der Waals surface area (Å²) in [5.74, 6) is -0.219. The topological polar surface area (TPSA) is 70.6 Å². The summed E-state index contributed by atoms with van der Waals surface area (Å²) < 4.78 is 0. The van der Waals surface area contributed by atoms with Crippen molar-refractivity contribution in [3.8, 4) is 0 Å². The summed E-state index contributed by atoms with van der Waals surface area (Å²) in [5.41, 5.74) is 1.75. The number of para-hydroxylation sites is 1. The van der Waals surface area contributed by atoms with Gasteiger partial charge in [-0.25, -0.2) is 0 Å². The van der Waals surface area contributed by atoms with Crippen LogP contribution in [0.3, 0.4) is 0 Å². The van der Waals surface area contributed by atoms with Crippen molar-refractivity contribution in [3.63, 3.8) is 0 Å². The Morgan fingerprint density at radius 3 is 2.71 bits per heavy atom. The molecule has 0 fully saturated rings. The summed E-state index contributed by atoms with van der Waals surface area (Å²) in [7, 11) is 0. The third kappa shape index (κ3) is 4.82. The number of halogens is 2. The van der Waals surface area contributed by atoms with Gasteiger partial charge in [0.25, 0.3) is 0 Å². The minimum atomic E-state index is -0.874. The van der Waals surface area contributed by atoms with Crippen LogP contribution >= 0.6 is 23.2 Å². The summed E-state index contributed by atoms with van der Waals surface area (Å²) in [5, 5.41) is 7.70. The zero-order chi connectivity index (χ0) is 24.3. The number of hydrogen-bond acceptors (Lipinski definition) is 4. The van der Waals surface area contributed by atoms with Gasteiger partial charge in [-0.2, -0.15) is 0 Å². The molecule has 0 saturated carbocycles. The monoisotopic (exact) mass is 495 g/mol. The van der Waals surface area contributed by atoms with Crippen molar-refractivity contribution >= 4 is 46.8 Å². The fourth-order valence-electron chi connectivity index (χ4n) is 4.62. The maximum absolute atomic E-state index is 13.3. The van der Waals surface area contributed by atoms with E-state index in [-0.39, 0.29) is 24.0 Å². The lowest BCUT2D eigenvalue weighted by Gasteiger charge is -2.43. The number of ketones is 1. The van der Waals surface area contributed by atoms with E-state index in [2.05, 4.69) is 10.6 Å². The van der Waals surface area contributed by atoms with Crippen molar-refractivity contribution in [2.75, 3.05) is 5.32 Å². The number of carbonyl (C=O) groups excluding carboxylic acids is 2. The van der Waals surface area contributed by atoms with E-state index in [0.717, 1.165) is 16.8 Å². The molecule has 1 heterocycles. The molecule has 3 atom stereocenters. The van der Waals surface area contributed by atoms with Gasteiger partial charge in [-0.05, 0) is 42.2 Å². The lowest BCUT2D eigenvalue weighted by atomic mass is 9.65. The second-order valence-electron chi connectivity index (χ2n) is 8.91. The van der Waals surface area contributed by atoms with E-state index >= 15 is 0 Å². The molecule has 0 bridgehead atoms. The van der Waals surface area contributed by atoms with Crippen molar-refractivity contribution in [2.45, 2.75) is 38.9 Å². The smallest absolute Gasteiger partial charge is 0.222 e. The van der Waals surface area contributed by atoms with Crippen LogP contribution in [0.5, 0.6) is 0 Å². The number of nitrogens with zero attached hydrogens (tertiary/aromatic N) is 1. The van der Waals surface area contributed by atoms with E-state index in [1.165, 1.54) is 0 Å². The molecule has 2 unspecified atom stereocenters. The van der Waals surface area contributed by atoms with Crippen LogP contribution in [0.25, 0.3) is 0 Å². The number of benzene rings is 2. The number of nitrogens with one attached hydrogen (secondary N) is 2. The van der Waals surface area contributed by atoms with E-state index in [1.54, 1.807) is 30.5 Å². The number of hydrogen-bond donors (Lipinski definition) is 2. The fourth-order valence-corrected chi connectivity index (χ4v) is 5.13. The van der Waals surface area contributed by atoms with E-state index < -0.39 is 17.6 Å². The van der Waals surface area contributed by atoms with Crippen LogP contribution in [0, 0.1) is 11.3 Å². The van der Waals surface area contributed by atoms with Gasteiger partial charge in [-0.3, -0.25) is 14.6 Å². The van der Waals surface area contributed by atoms with E-state index in [0.29, 0.717) is 16.5 Å². The zero-order valence-corrected chi connectivity index (χ0v) is 20.6. The Labute approximate surface area is 209 Å². The van der Waals surface area contributed by atoms with Gasteiger partial charge < -0.3 is 10.6 Å². The van der Waals surface area contributed by atoms with Crippen molar-refractivity contribution in [3.05, 3.63) is 87.9 Å². The Kier molecular flexibility index (Phi) is 7.24. The number of allylic oxidation sites excluding steroid dienone is 3. The molecule has 5 nitrogen and oxygen atoms in total. The second-order valence-corrected chi connectivity index (χ2v) is 9.75. The molecule has 0 saturated heterocycles. The molecule has 1 aliphatic heterocycles. The Morgan fingerprint density at radius 1 is 1.18 bits per heavy atom. The molecule has 2 aromatic rings. The third-order valence-electron chi connectivity index (χ3n) is 6.53. The molecule has 0 aromatic heterocycles. The number of anilines is 1. The predicted molar refractivity (Wildman–Crippen MR) is 139 cm³/mol. The highest BCUT2D eigenvalue weighted by Crippen LogP contribution is 2.41. The summed E-state index contributed by atoms with van der Waals surface area (Å²) in [6.07, 6.45) is 8.98. The molecule has 2 N–H and O–H groups in total. The first-order valence-corrected chi connectivity index (χ1v) is 12.1. The molecular formula is C27H27Cl2N3O2. The molecule has 4 rings (SSSR count). The predicted octanol–water partition coefficient (Wildman–Crippen LogP) is 5.62. The Balaban J connectivity index is 1.62. The van der Waals surface area contributed by atoms with Crippen LogP contribution in [-0.4, -0.2) is 30.1 Å². The van der Waals surface area contributed by atoms with Crippen LogP contribution in [0.15, 0.2) is 71.8 Å². The number of benzodiazepines with no additional fused rings is 1. The van der Waals surface area contributed by atoms with Crippen LogP contribution in [0.1, 0.15) is 31.4 Å². The minimum absolute atomic E-state index is 0.00993. The van der Waals surface area contributed by atoms with Crippen molar-refractivity contribution in [2.24, 2.45) is 16.3 Å². The lowest BCUT2D eigenvalue weighted by Crippen LogP contribution is -2.58. The summed E-state index contributed by atoms with van der Waals surface area (Å²) in [4.78, 5) is 31.1. The molecule has 34 heavy (non-hydrogen) atoms. The normalized spacial score (nSPS) is 23.4. The highest BCUT2D eigenvalue weighted by atomic mass is 35.5. The van der Waals surface area contributed by atoms with Crippen LogP contribution in [0.4, 0.5) is 5.69 Å². The molecular weight excluding hydrogens is 469 g/mol. The molecule has 0 spiro atoms. The number of amides is 1. The maximum Gasteiger partial charge on any atom is 0.222 e. The lowest BCUT2D eigenvalue weighted by molar-refractivity contribution is -0.126. The number of fused-ring (bicyclic) bond motifs is 1. The van der Waals surface area contributed by atoms with Gasteiger partial charge in [0, 0.05) is 33.9 Å². The molecule has 7 heteroatoms. The quantitative estimate of drug-likeness (QED) is 0.546. The largest absolute Gasteiger partial charge is 0.376 e. The summed E-state index contributed by atoms with van der Waals surface area (Å²) >= 11 is 12.2. The van der Waals surface area contributed by atoms with Crippen LogP contribution in [0.2, 0.25) is 10.0 Å². The van der Waals surface area contributed by atoms with Crippen molar-refractivity contribution < 1.29 is 9.59 Å². The van der Waals surface area contributed by atoms with Gasteiger partial charge in [-0.1, -0.05) is 79.5 Å². The van der Waals surface area contributed by atoms with Crippen LogP contribution in [-0.2, 0) is 16.0 Å². The number of aryl methyl sites for hydroxylation is 1. The summed E-state index contributed by atoms with van der Waals surface area (Å²) in [6.45, 7) is 4.04. The molecule has 1 amide bonds. The Morgan fingerprint density at radius 2 is 1.97 bits per heavy atom. The first-order chi connectivity index (χ1) is 16.3. The standard InChI is InChI=1S/C27H27Cl2N3O2/c1-17(2)27(14-6-5-9-23(27)33)25-26(30-16-19-7-3-4-8-22(19)31-25)32-24(34)13-11-18-10-12-20(28)15-21(18)29/h3-10,12,14-17,25-26,31H,11,13H2,1-2H3,(H,32,34)/t25?,26-,27?/m0/s1. The minimum Gasteiger partial charge on any atom is -0.376 e. The average Bonchev–Trinajstić information content (AvgIpc) is 2.98. The van der Waals surface area contributed by atoms with Gasteiger partial charge in [0.1, 0.15) is 6.17 Å². The second kappa shape index (κ2) is 10.2. The number of aliphatic imine (C=N–C) groups is 1. The van der Waals surface area contributed by atoms with E-state index in [1.807, 2.05) is 56.3 Å². The third-order valence-corrected chi connectivity index (χ3v) is 7.12. The van der Waals surface area contributed by atoms with Crippen molar-refractivity contribution in [1.29, 1.82) is 0 Å². The van der Waals surface area contributed by atoms with Crippen LogP contribution < -0.4 is 10.6 Å². The first-order valence-electron chi connectivity index (χ1n) is 11.3. The SMILES string of the molecule is CC(C)C1(C2Nc3ccccc3C=N[C@H]2NC(=O)CCc2ccc(Cl)cc2Cl)C=CC=CC1=O.